The van der Waals surface area contributed by atoms with E-state index >= 15 is 0 Å². The number of benzene rings is 2. The maximum Gasteiger partial charge on any atom is 0.0781 e. The van der Waals surface area contributed by atoms with Gasteiger partial charge in [-0.1, -0.05) is 51.8 Å². The Labute approximate surface area is 126 Å². The molecular formula is C15H15BrClNO. The van der Waals surface area contributed by atoms with Gasteiger partial charge in [0.05, 0.1) is 6.10 Å². The van der Waals surface area contributed by atoms with Crippen molar-refractivity contribution in [3.8, 4) is 0 Å². The first-order valence-corrected chi connectivity index (χ1v) is 7.20. The molecule has 4 heteroatoms. The quantitative estimate of drug-likeness (QED) is 0.840. The summed E-state index contributed by atoms with van der Waals surface area (Å²) in [6.07, 6.45) is -0.496. The Balaban J connectivity index is 2.14. The summed E-state index contributed by atoms with van der Waals surface area (Å²) >= 11 is 9.56. The molecular weight excluding hydrogens is 326 g/mol. The van der Waals surface area contributed by atoms with E-state index in [2.05, 4.69) is 21.2 Å². The van der Waals surface area contributed by atoms with Crippen LogP contribution in [0.2, 0.25) is 5.02 Å². The van der Waals surface area contributed by atoms with Gasteiger partial charge in [0.25, 0.3) is 0 Å². The zero-order valence-corrected chi connectivity index (χ0v) is 12.9. The third-order valence-electron chi connectivity index (χ3n) is 2.90. The highest BCUT2D eigenvalue weighted by molar-refractivity contribution is 9.10. The summed E-state index contributed by atoms with van der Waals surface area (Å²) < 4.78 is 0.964. The molecule has 0 amide bonds. The van der Waals surface area contributed by atoms with E-state index in [1.54, 1.807) is 6.92 Å². The summed E-state index contributed by atoms with van der Waals surface area (Å²) in [7, 11) is 0. The molecule has 0 saturated carbocycles. The van der Waals surface area contributed by atoms with Gasteiger partial charge >= 0.3 is 0 Å². The Morgan fingerprint density at radius 3 is 2.68 bits per heavy atom. The molecule has 0 saturated heterocycles. The summed E-state index contributed by atoms with van der Waals surface area (Å²) in [6, 6.07) is 13.5. The molecule has 0 radical (unpaired) electrons. The lowest BCUT2D eigenvalue weighted by Gasteiger charge is -2.14. The Bertz CT molecular complexity index is 572. The number of anilines is 1. The molecule has 0 aliphatic heterocycles. The van der Waals surface area contributed by atoms with E-state index in [1.165, 1.54) is 0 Å². The maximum absolute atomic E-state index is 9.72. The molecule has 0 bridgehead atoms. The van der Waals surface area contributed by atoms with Crippen LogP contribution in [0.3, 0.4) is 0 Å². The first kappa shape index (κ1) is 14.4. The van der Waals surface area contributed by atoms with E-state index in [1.807, 2.05) is 42.5 Å². The minimum absolute atomic E-state index is 0.496. The van der Waals surface area contributed by atoms with Crippen molar-refractivity contribution in [2.75, 3.05) is 5.32 Å². The lowest BCUT2D eigenvalue weighted by Crippen LogP contribution is -2.04. The Kier molecular flexibility index (Phi) is 4.86. The van der Waals surface area contributed by atoms with Crippen LogP contribution < -0.4 is 5.32 Å². The van der Waals surface area contributed by atoms with Gasteiger partial charge in [0, 0.05) is 27.3 Å². The van der Waals surface area contributed by atoms with Crippen LogP contribution in [0, 0.1) is 0 Å². The third kappa shape index (κ3) is 3.72. The van der Waals surface area contributed by atoms with Gasteiger partial charge in [-0.05, 0) is 30.7 Å². The number of hydrogen-bond donors (Lipinski definition) is 2. The monoisotopic (exact) mass is 339 g/mol. The van der Waals surface area contributed by atoms with Gasteiger partial charge in [-0.15, -0.1) is 0 Å². The van der Waals surface area contributed by atoms with Crippen molar-refractivity contribution in [3.63, 3.8) is 0 Å². The second-order valence-corrected chi connectivity index (χ2v) is 5.68. The fourth-order valence-electron chi connectivity index (χ4n) is 1.88. The van der Waals surface area contributed by atoms with Crippen molar-refractivity contribution in [1.29, 1.82) is 0 Å². The fourth-order valence-corrected chi connectivity index (χ4v) is 2.62. The summed E-state index contributed by atoms with van der Waals surface area (Å²) in [4.78, 5) is 0. The van der Waals surface area contributed by atoms with Crippen LogP contribution in [-0.4, -0.2) is 5.11 Å². The van der Waals surface area contributed by atoms with Gasteiger partial charge in [-0.25, -0.2) is 0 Å². The molecule has 0 aliphatic carbocycles. The van der Waals surface area contributed by atoms with Crippen molar-refractivity contribution in [1.82, 2.24) is 0 Å². The minimum Gasteiger partial charge on any atom is -0.389 e. The third-order valence-corrected chi connectivity index (χ3v) is 3.74. The number of halogens is 2. The van der Waals surface area contributed by atoms with Gasteiger partial charge in [-0.3, -0.25) is 0 Å². The predicted molar refractivity (Wildman–Crippen MR) is 83.6 cm³/mol. The van der Waals surface area contributed by atoms with E-state index in [0.29, 0.717) is 6.54 Å². The molecule has 1 unspecified atom stereocenters. The van der Waals surface area contributed by atoms with Gasteiger partial charge in [0.2, 0.25) is 0 Å². The van der Waals surface area contributed by atoms with Crippen molar-refractivity contribution in [2.24, 2.45) is 0 Å². The van der Waals surface area contributed by atoms with Gasteiger partial charge in [-0.2, -0.15) is 0 Å². The van der Waals surface area contributed by atoms with Crippen molar-refractivity contribution >= 4 is 33.2 Å². The van der Waals surface area contributed by atoms with E-state index in [9.17, 15) is 5.11 Å². The number of aliphatic hydroxyl groups excluding tert-OH is 1. The molecule has 0 aromatic heterocycles. The van der Waals surface area contributed by atoms with E-state index in [4.69, 9.17) is 11.6 Å². The lowest BCUT2D eigenvalue weighted by atomic mass is 10.1. The molecule has 2 N–H and O–H groups in total. The first-order valence-electron chi connectivity index (χ1n) is 6.02. The second-order valence-electron chi connectivity index (χ2n) is 4.35. The number of aliphatic hydroxyl groups is 1. The molecule has 0 heterocycles. The summed E-state index contributed by atoms with van der Waals surface area (Å²) in [6.45, 7) is 2.38. The molecule has 2 nitrogen and oxygen atoms in total. The smallest absolute Gasteiger partial charge is 0.0781 e. The Hall–Kier alpha value is -1.03. The van der Waals surface area contributed by atoms with Crippen molar-refractivity contribution in [2.45, 2.75) is 19.6 Å². The zero-order chi connectivity index (χ0) is 13.8. The largest absolute Gasteiger partial charge is 0.389 e. The lowest BCUT2D eigenvalue weighted by molar-refractivity contribution is 0.200. The van der Waals surface area contributed by atoms with E-state index in [0.717, 1.165) is 26.3 Å². The number of rotatable bonds is 4. The molecule has 0 aliphatic rings. The molecule has 2 aromatic carbocycles. The molecule has 1 atom stereocenters. The molecule has 100 valence electrons. The topological polar surface area (TPSA) is 32.3 Å². The normalized spacial score (nSPS) is 12.2. The van der Waals surface area contributed by atoms with Crippen molar-refractivity contribution in [3.05, 3.63) is 63.1 Å². The van der Waals surface area contributed by atoms with E-state index in [-0.39, 0.29) is 0 Å². The average Bonchev–Trinajstić information content (AvgIpc) is 2.38. The molecule has 2 aromatic rings. The first-order chi connectivity index (χ1) is 9.08. The van der Waals surface area contributed by atoms with Crippen LogP contribution in [0.1, 0.15) is 24.2 Å². The van der Waals surface area contributed by atoms with Gasteiger partial charge < -0.3 is 10.4 Å². The maximum atomic E-state index is 9.72. The van der Waals surface area contributed by atoms with Crippen LogP contribution in [0.4, 0.5) is 5.69 Å². The standard InChI is InChI=1S/C15H15BrClNO/c1-10(19)13-4-2-3-5-15(13)18-9-11-6-7-12(16)8-14(11)17/h2-8,10,18-19H,9H2,1H3. The summed E-state index contributed by atoms with van der Waals surface area (Å²) in [5.74, 6) is 0. The summed E-state index contributed by atoms with van der Waals surface area (Å²) in [5.41, 5.74) is 2.83. The number of hydrogen-bond acceptors (Lipinski definition) is 2. The number of para-hydroxylation sites is 1. The second kappa shape index (κ2) is 6.42. The molecule has 19 heavy (non-hydrogen) atoms. The molecule has 0 fully saturated rings. The van der Waals surface area contributed by atoms with Gasteiger partial charge in [0.1, 0.15) is 0 Å². The van der Waals surface area contributed by atoms with Crippen molar-refractivity contribution < 1.29 is 5.11 Å². The van der Waals surface area contributed by atoms with E-state index < -0.39 is 6.10 Å². The molecule has 0 spiro atoms. The van der Waals surface area contributed by atoms with Crippen LogP contribution >= 0.6 is 27.5 Å². The van der Waals surface area contributed by atoms with Gasteiger partial charge in [0.15, 0.2) is 0 Å². The predicted octanol–water partition coefficient (Wildman–Crippen LogP) is 4.77. The number of nitrogens with one attached hydrogen (secondary N) is 1. The fraction of sp³-hybridized carbons (Fsp3) is 0.200. The highest BCUT2D eigenvalue weighted by Gasteiger charge is 2.07. The van der Waals surface area contributed by atoms with Crippen LogP contribution in [0.25, 0.3) is 0 Å². The average molecular weight is 341 g/mol. The molecule has 2 rings (SSSR count). The van der Waals surface area contributed by atoms with Crippen LogP contribution in [-0.2, 0) is 6.54 Å². The SMILES string of the molecule is CC(O)c1ccccc1NCc1ccc(Br)cc1Cl. The summed E-state index contributed by atoms with van der Waals surface area (Å²) in [5, 5.41) is 13.8. The zero-order valence-electron chi connectivity index (χ0n) is 10.5. The van der Waals surface area contributed by atoms with Crippen LogP contribution in [0.15, 0.2) is 46.9 Å². The Morgan fingerprint density at radius 1 is 1.26 bits per heavy atom. The highest BCUT2D eigenvalue weighted by Crippen LogP contribution is 2.25. The highest BCUT2D eigenvalue weighted by atomic mass is 79.9. The van der Waals surface area contributed by atoms with Crippen LogP contribution in [0.5, 0.6) is 0 Å². The Morgan fingerprint density at radius 2 is 2.00 bits per heavy atom. The minimum atomic E-state index is -0.496.